The number of hydrogen-bond donors (Lipinski definition) is 2. The molecule has 2 atom stereocenters. The lowest BCUT2D eigenvalue weighted by Gasteiger charge is -2.36. The molecule has 1 aliphatic heterocycles. The lowest BCUT2D eigenvalue weighted by atomic mass is 9.96. The van der Waals surface area contributed by atoms with Crippen LogP contribution in [0, 0.1) is 5.92 Å². The molecule has 0 bridgehead atoms. The molecule has 1 saturated carbocycles. The Labute approximate surface area is 117 Å². The van der Waals surface area contributed by atoms with E-state index in [1.165, 1.54) is 32.1 Å². The third-order valence-electron chi connectivity index (χ3n) is 4.26. The summed E-state index contributed by atoms with van der Waals surface area (Å²) in [6.07, 6.45) is 6.05. The van der Waals surface area contributed by atoms with Crippen molar-refractivity contribution in [1.82, 2.24) is 15.5 Å². The van der Waals surface area contributed by atoms with E-state index in [0.29, 0.717) is 12.0 Å². The lowest BCUT2D eigenvalue weighted by molar-refractivity contribution is -0.126. The minimum atomic E-state index is 0.0366. The highest BCUT2D eigenvalue weighted by Gasteiger charge is 2.30. The Morgan fingerprint density at radius 2 is 2.16 bits per heavy atom. The van der Waals surface area contributed by atoms with Crippen molar-refractivity contribution in [3.63, 3.8) is 0 Å². The normalized spacial score (nSPS) is 26.1. The molecule has 2 N–H and O–H groups in total. The van der Waals surface area contributed by atoms with E-state index < -0.39 is 0 Å². The maximum absolute atomic E-state index is 12.1. The van der Waals surface area contributed by atoms with E-state index in [-0.39, 0.29) is 11.9 Å². The van der Waals surface area contributed by atoms with Gasteiger partial charge in [0.15, 0.2) is 0 Å². The minimum absolute atomic E-state index is 0.0366. The van der Waals surface area contributed by atoms with Gasteiger partial charge >= 0.3 is 0 Å². The molecule has 1 aliphatic carbocycles. The van der Waals surface area contributed by atoms with Crippen LogP contribution in [0.3, 0.4) is 0 Å². The summed E-state index contributed by atoms with van der Waals surface area (Å²) in [5.74, 6) is 0.932. The maximum atomic E-state index is 12.1. The van der Waals surface area contributed by atoms with E-state index >= 15 is 0 Å². The second-order valence-corrected chi connectivity index (χ2v) is 6.17. The van der Waals surface area contributed by atoms with Gasteiger partial charge in [0.25, 0.3) is 0 Å². The van der Waals surface area contributed by atoms with E-state index in [9.17, 15) is 4.79 Å². The Bertz CT molecular complexity index is 291. The third-order valence-corrected chi connectivity index (χ3v) is 4.26. The molecule has 2 rings (SSSR count). The molecule has 4 heteroatoms. The van der Waals surface area contributed by atoms with Crippen molar-refractivity contribution in [2.24, 2.45) is 5.92 Å². The van der Waals surface area contributed by atoms with Crippen molar-refractivity contribution in [2.45, 2.75) is 58.0 Å². The van der Waals surface area contributed by atoms with Crippen LogP contribution in [0.25, 0.3) is 0 Å². The molecule has 1 saturated heterocycles. The van der Waals surface area contributed by atoms with Crippen LogP contribution in [0.2, 0.25) is 0 Å². The monoisotopic (exact) mass is 267 g/mol. The predicted octanol–water partition coefficient (Wildman–Crippen LogP) is 1.37. The fraction of sp³-hybridized carbons (Fsp3) is 0.933. The van der Waals surface area contributed by atoms with Crippen molar-refractivity contribution < 1.29 is 4.79 Å². The van der Waals surface area contributed by atoms with E-state index in [0.717, 1.165) is 26.2 Å². The minimum Gasteiger partial charge on any atom is -0.352 e. The molecule has 0 radical (unpaired) electrons. The molecule has 0 spiro atoms. The molecule has 110 valence electrons. The van der Waals surface area contributed by atoms with E-state index in [1.807, 2.05) is 0 Å². The van der Waals surface area contributed by atoms with Gasteiger partial charge in [0.05, 0.1) is 6.04 Å². The van der Waals surface area contributed by atoms with Crippen molar-refractivity contribution >= 4 is 5.91 Å². The van der Waals surface area contributed by atoms with Gasteiger partial charge < -0.3 is 10.6 Å². The van der Waals surface area contributed by atoms with Gasteiger partial charge in [0.2, 0.25) is 5.91 Å². The molecule has 0 aromatic rings. The number of amides is 1. The van der Waals surface area contributed by atoms with Crippen LogP contribution < -0.4 is 10.6 Å². The van der Waals surface area contributed by atoms with Crippen LogP contribution >= 0.6 is 0 Å². The molecule has 2 unspecified atom stereocenters. The second kappa shape index (κ2) is 7.25. The highest BCUT2D eigenvalue weighted by atomic mass is 16.2. The van der Waals surface area contributed by atoms with E-state index in [4.69, 9.17) is 0 Å². The summed E-state index contributed by atoms with van der Waals surface area (Å²) < 4.78 is 0. The van der Waals surface area contributed by atoms with Gasteiger partial charge in [0, 0.05) is 12.6 Å². The Kier molecular flexibility index (Phi) is 5.64. The second-order valence-electron chi connectivity index (χ2n) is 6.17. The SMILES string of the molecule is CCCNCC1CCCN(C(C)C(=O)NC2CC2)C1. The maximum Gasteiger partial charge on any atom is 0.237 e. The van der Waals surface area contributed by atoms with Crippen LogP contribution in [-0.4, -0.2) is 49.1 Å². The smallest absolute Gasteiger partial charge is 0.237 e. The number of nitrogens with one attached hydrogen (secondary N) is 2. The van der Waals surface area contributed by atoms with Crippen LogP contribution in [0.15, 0.2) is 0 Å². The fourth-order valence-corrected chi connectivity index (χ4v) is 2.81. The van der Waals surface area contributed by atoms with Crippen LogP contribution in [-0.2, 0) is 4.79 Å². The first-order valence-electron chi connectivity index (χ1n) is 7.95. The third kappa shape index (κ3) is 4.77. The average molecular weight is 267 g/mol. The molecule has 0 aromatic heterocycles. The summed E-state index contributed by atoms with van der Waals surface area (Å²) in [5, 5.41) is 6.63. The molecular weight excluding hydrogens is 238 g/mol. The summed E-state index contributed by atoms with van der Waals surface area (Å²) in [4.78, 5) is 14.5. The topological polar surface area (TPSA) is 44.4 Å². The summed E-state index contributed by atoms with van der Waals surface area (Å²) >= 11 is 0. The standard InChI is InChI=1S/C15H29N3O/c1-3-8-16-10-13-5-4-9-18(11-13)12(2)15(19)17-14-6-7-14/h12-14,16H,3-11H2,1-2H3,(H,17,19). The Balaban J connectivity index is 1.73. The van der Waals surface area contributed by atoms with Crippen molar-refractivity contribution in [1.29, 1.82) is 0 Å². The molecule has 0 aromatic carbocycles. The Morgan fingerprint density at radius 1 is 1.37 bits per heavy atom. The summed E-state index contributed by atoms with van der Waals surface area (Å²) in [7, 11) is 0. The first kappa shape index (κ1) is 14.8. The fourth-order valence-electron chi connectivity index (χ4n) is 2.81. The predicted molar refractivity (Wildman–Crippen MR) is 78.1 cm³/mol. The van der Waals surface area contributed by atoms with Gasteiger partial charge in [-0.05, 0) is 64.6 Å². The van der Waals surface area contributed by atoms with Crippen LogP contribution in [0.1, 0.15) is 46.0 Å². The molecule has 2 fully saturated rings. The number of likely N-dealkylation sites (tertiary alicyclic amines) is 1. The Hall–Kier alpha value is -0.610. The lowest BCUT2D eigenvalue weighted by Crippen LogP contribution is -2.50. The number of piperidine rings is 1. The number of rotatable bonds is 7. The Morgan fingerprint density at radius 3 is 2.84 bits per heavy atom. The highest BCUT2D eigenvalue weighted by Crippen LogP contribution is 2.21. The zero-order valence-corrected chi connectivity index (χ0v) is 12.5. The van der Waals surface area contributed by atoms with Crippen LogP contribution in [0.4, 0.5) is 0 Å². The molecule has 1 heterocycles. The number of hydrogen-bond acceptors (Lipinski definition) is 3. The average Bonchev–Trinajstić information content (AvgIpc) is 3.22. The molecule has 2 aliphatic rings. The first-order chi connectivity index (χ1) is 9.20. The van der Waals surface area contributed by atoms with Crippen molar-refractivity contribution in [3.8, 4) is 0 Å². The summed E-state index contributed by atoms with van der Waals surface area (Å²) in [5.41, 5.74) is 0. The van der Waals surface area contributed by atoms with Crippen LogP contribution in [0.5, 0.6) is 0 Å². The first-order valence-corrected chi connectivity index (χ1v) is 7.95. The van der Waals surface area contributed by atoms with Gasteiger partial charge in [-0.2, -0.15) is 0 Å². The summed E-state index contributed by atoms with van der Waals surface area (Å²) in [6.45, 7) is 8.60. The van der Waals surface area contributed by atoms with E-state index in [2.05, 4.69) is 29.4 Å². The van der Waals surface area contributed by atoms with Crippen molar-refractivity contribution in [3.05, 3.63) is 0 Å². The molecule has 1 amide bonds. The van der Waals surface area contributed by atoms with Gasteiger partial charge in [-0.3, -0.25) is 9.69 Å². The summed E-state index contributed by atoms with van der Waals surface area (Å²) in [6, 6.07) is 0.510. The highest BCUT2D eigenvalue weighted by molar-refractivity contribution is 5.81. The molecule has 4 nitrogen and oxygen atoms in total. The van der Waals surface area contributed by atoms with Crippen molar-refractivity contribution in [2.75, 3.05) is 26.2 Å². The van der Waals surface area contributed by atoms with Gasteiger partial charge in [-0.1, -0.05) is 6.92 Å². The zero-order chi connectivity index (χ0) is 13.7. The number of nitrogens with zero attached hydrogens (tertiary/aromatic N) is 1. The van der Waals surface area contributed by atoms with E-state index in [1.54, 1.807) is 0 Å². The van der Waals surface area contributed by atoms with Gasteiger partial charge in [-0.25, -0.2) is 0 Å². The quantitative estimate of drug-likeness (QED) is 0.685. The van der Waals surface area contributed by atoms with Gasteiger partial charge in [0.1, 0.15) is 0 Å². The van der Waals surface area contributed by atoms with Gasteiger partial charge in [-0.15, -0.1) is 0 Å². The zero-order valence-electron chi connectivity index (χ0n) is 12.5. The number of carbonyl (C=O) groups excluding carboxylic acids is 1. The largest absolute Gasteiger partial charge is 0.352 e. The molecule has 19 heavy (non-hydrogen) atoms. The molecular formula is C15H29N3O. The number of carbonyl (C=O) groups is 1.